The lowest BCUT2D eigenvalue weighted by Gasteiger charge is -2.28. The van der Waals surface area contributed by atoms with Crippen LogP contribution in [-0.4, -0.2) is 50.1 Å². The molecule has 1 N–H and O–H groups in total. The summed E-state index contributed by atoms with van der Waals surface area (Å²) in [5, 5.41) is 11.7. The predicted octanol–water partition coefficient (Wildman–Crippen LogP) is -0.0787. The summed E-state index contributed by atoms with van der Waals surface area (Å²) in [6.07, 6.45) is 1.01. The molecule has 0 aliphatic carbocycles. The van der Waals surface area contributed by atoms with E-state index in [-0.39, 0.29) is 5.91 Å². The Kier molecular flexibility index (Phi) is 10.2. The van der Waals surface area contributed by atoms with Gasteiger partial charge in [-0.25, -0.2) is 0 Å². The van der Waals surface area contributed by atoms with Crippen molar-refractivity contribution in [3.63, 3.8) is 0 Å². The number of rotatable bonds is 6. The summed E-state index contributed by atoms with van der Waals surface area (Å²) >= 11 is 0. The quantitative estimate of drug-likeness (QED) is 0.411. The van der Waals surface area contributed by atoms with Gasteiger partial charge in [0, 0.05) is 24.5 Å². The molecule has 0 atom stereocenters. The maximum absolute atomic E-state index is 11.1. The normalized spacial score (nSPS) is 10.1. The number of amides is 1. The number of aliphatic carboxylic acids is 1. The van der Waals surface area contributed by atoms with Crippen molar-refractivity contribution in [1.29, 1.82) is 0 Å². The van der Waals surface area contributed by atoms with Gasteiger partial charge in [0.05, 0.1) is 27.2 Å². The molecule has 0 heterocycles. The Hall–Kier alpha value is -1.36. The number of carbonyl (C=O) groups is 2. The maximum Gasteiger partial charge on any atom is 0.246 e. The maximum atomic E-state index is 11.1. The fraction of sp³-hybridized carbons (Fsp3) is 0.692. The van der Waals surface area contributed by atoms with Gasteiger partial charge in [-0.2, -0.15) is 0 Å². The van der Waals surface area contributed by atoms with E-state index >= 15 is 0 Å². The third-order valence-corrected chi connectivity index (χ3v) is 2.47. The molecule has 0 radical (unpaired) electrons. The Morgan fingerprint density at radius 1 is 1.28 bits per heavy atom. The van der Waals surface area contributed by atoms with Crippen molar-refractivity contribution >= 4 is 11.9 Å². The van der Waals surface area contributed by atoms with Crippen LogP contribution >= 0.6 is 0 Å². The second kappa shape index (κ2) is 9.65. The summed E-state index contributed by atoms with van der Waals surface area (Å²) in [6.45, 7) is 11.4. The van der Waals surface area contributed by atoms with Crippen molar-refractivity contribution in [2.75, 3.05) is 33.7 Å². The van der Waals surface area contributed by atoms with Crippen LogP contribution in [0.15, 0.2) is 12.2 Å². The van der Waals surface area contributed by atoms with Crippen LogP contribution in [0.25, 0.3) is 0 Å². The Balaban J connectivity index is 0. The molecule has 106 valence electrons. The van der Waals surface area contributed by atoms with E-state index in [4.69, 9.17) is 9.90 Å². The molecule has 0 rings (SSSR count). The van der Waals surface area contributed by atoms with E-state index in [1.807, 2.05) is 0 Å². The van der Waals surface area contributed by atoms with Gasteiger partial charge in [-0.15, -0.1) is 0 Å². The van der Waals surface area contributed by atoms with Gasteiger partial charge >= 0.3 is 0 Å². The number of carbonyl (C=O) groups excluding carboxylic acids is 2. The highest BCUT2D eigenvalue weighted by atomic mass is 16.4. The average Bonchev–Trinajstić information content (AvgIpc) is 2.23. The van der Waals surface area contributed by atoms with Gasteiger partial charge in [-0.05, 0) is 20.8 Å². The van der Waals surface area contributed by atoms with Crippen LogP contribution < -0.4 is 10.4 Å². The lowest BCUT2D eigenvalue weighted by Crippen LogP contribution is -2.41. The van der Waals surface area contributed by atoms with Crippen molar-refractivity contribution in [2.24, 2.45) is 0 Å². The first-order valence-electron chi connectivity index (χ1n) is 6.05. The molecule has 1 amide bonds. The Morgan fingerprint density at radius 3 is 2.06 bits per heavy atom. The van der Waals surface area contributed by atoms with Gasteiger partial charge in [0.15, 0.2) is 0 Å². The highest BCUT2D eigenvalue weighted by Gasteiger charge is 2.10. The summed E-state index contributed by atoms with van der Waals surface area (Å²) in [5.74, 6) is -1.12. The van der Waals surface area contributed by atoms with Crippen LogP contribution in [0.5, 0.6) is 0 Å². The predicted molar refractivity (Wildman–Crippen MR) is 70.6 cm³/mol. The van der Waals surface area contributed by atoms with Crippen molar-refractivity contribution in [3.05, 3.63) is 12.2 Å². The molecule has 0 aromatic rings. The standard InChI is InChI=1S/C11H22N2O.C2H4O2/c1-6-13(4,5)9-7-8-12-11(14)10(2)3;1-2(3)4/h2,6-9H2,1,3-5H3;1H3,(H,3,4). The van der Waals surface area contributed by atoms with Gasteiger partial charge < -0.3 is 19.7 Å². The molecule has 0 bridgehead atoms. The van der Waals surface area contributed by atoms with E-state index in [0.29, 0.717) is 5.57 Å². The molecule has 0 spiro atoms. The number of nitrogens with one attached hydrogen (secondary N) is 1. The molecule has 0 aromatic carbocycles. The summed E-state index contributed by atoms with van der Waals surface area (Å²) in [4.78, 5) is 20.0. The van der Waals surface area contributed by atoms with Crippen LogP contribution in [0.1, 0.15) is 27.2 Å². The fourth-order valence-corrected chi connectivity index (χ4v) is 1.02. The molecule has 5 heteroatoms. The zero-order valence-electron chi connectivity index (χ0n) is 12.2. The Morgan fingerprint density at radius 2 is 1.72 bits per heavy atom. The van der Waals surface area contributed by atoms with Gasteiger partial charge in [0.25, 0.3) is 0 Å². The topological polar surface area (TPSA) is 69.2 Å². The summed E-state index contributed by atoms with van der Waals surface area (Å²) in [7, 11) is 4.39. The molecule has 0 unspecified atom stereocenters. The molecule has 0 aliphatic rings. The summed E-state index contributed by atoms with van der Waals surface area (Å²) in [5.41, 5.74) is 0.578. The SMILES string of the molecule is C=C(C)C(=O)NCCC[N+](C)(C)CC.CC(=O)[O-]. The third kappa shape index (κ3) is 14.6. The molecule has 0 saturated carbocycles. The fourth-order valence-electron chi connectivity index (χ4n) is 1.02. The van der Waals surface area contributed by atoms with Crippen molar-refractivity contribution in [3.8, 4) is 0 Å². The molecule has 0 saturated heterocycles. The lowest BCUT2D eigenvalue weighted by atomic mass is 10.3. The van der Waals surface area contributed by atoms with Gasteiger partial charge in [0.1, 0.15) is 0 Å². The van der Waals surface area contributed by atoms with E-state index in [1.165, 1.54) is 0 Å². The van der Waals surface area contributed by atoms with E-state index in [0.717, 1.165) is 37.5 Å². The molecule has 0 aromatic heterocycles. The third-order valence-electron chi connectivity index (χ3n) is 2.47. The van der Waals surface area contributed by atoms with E-state index < -0.39 is 5.97 Å². The Labute approximate surface area is 110 Å². The van der Waals surface area contributed by atoms with Gasteiger partial charge in [-0.1, -0.05) is 6.58 Å². The van der Waals surface area contributed by atoms with Crippen LogP contribution in [0, 0.1) is 0 Å². The van der Waals surface area contributed by atoms with Crippen LogP contribution in [0.4, 0.5) is 0 Å². The van der Waals surface area contributed by atoms with Crippen molar-refractivity contribution in [2.45, 2.75) is 27.2 Å². The zero-order chi connectivity index (χ0) is 14.8. The first-order valence-corrected chi connectivity index (χ1v) is 6.05. The summed E-state index contributed by atoms with van der Waals surface area (Å²) < 4.78 is 1.00. The van der Waals surface area contributed by atoms with Gasteiger partial charge in [0.2, 0.25) is 5.91 Å². The first kappa shape index (κ1) is 19.0. The molecule has 0 aliphatic heterocycles. The highest BCUT2D eigenvalue weighted by Crippen LogP contribution is 1.97. The number of nitrogens with zero attached hydrogens (tertiary/aromatic N) is 1. The zero-order valence-corrected chi connectivity index (χ0v) is 12.2. The van der Waals surface area contributed by atoms with E-state index in [2.05, 4.69) is 32.9 Å². The first-order chi connectivity index (χ1) is 8.12. The minimum absolute atomic E-state index is 0.0354. The minimum atomic E-state index is -1.08. The minimum Gasteiger partial charge on any atom is -0.550 e. The monoisotopic (exact) mass is 258 g/mol. The molecule has 5 nitrogen and oxygen atoms in total. The van der Waals surface area contributed by atoms with Crippen LogP contribution in [-0.2, 0) is 9.59 Å². The van der Waals surface area contributed by atoms with E-state index in [9.17, 15) is 4.79 Å². The van der Waals surface area contributed by atoms with Crippen LogP contribution in [0.2, 0.25) is 0 Å². The molecular weight excluding hydrogens is 232 g/mol. The second-order valence-corrected chi connectivity index (χ2v) is 4.86. The average molecular weight is 258 g/mol. The second-order valence-electron chi connectivity index (χ2n) is 4.86. The number of carboxylic acid groups (broad SMARTS) is 1. The summed E-state index contributed by atoms with van der Waals surface area (Å²) in [6, 6.07) is 0. The highest BCUT2D eigenvalue weighted by molar-refractivity contribution is 5.91. The smallest absolute Gasteiger partial charge is 0.246 e. The number of carboxylic acids is 1. The van der Waals surface area contributed by atoms with Crippen molar-refractivity contribution < 1.29 is 19.2 Å². The largest absolute Gasteiger partial charge is 0.550 e. The molecule has 0 fully saturated rings. The number of quaternary nitrogens is 1. The molecular formula is C13H26N2O3. The lowest BCUT2D eigenvalue weighted by molar-refractivity contribution is -0.888. The number of hydrogen-bond acceptors (Lipinski definition) is 3. The number of hydrogen-bond donors (Lipinski definition) is 1. The van der Waals surface area contributed by atoms with Crippen molar-refractivity contribution in [1.82, 2.24) is 5.32 Å². The molecule has 18 heavy (non-hydrogen) atoms. The Bertz CT molecular complexity index is 282. The van der Waals surface area contributed by atoms with Crippen LogP contribution in [0.3, 0.4) is 0 Å². The van der Waals surface area contributed by atoms with Gasteiger partial charge in [-0.3, -0.25) is 4.79 Å². The van der Waals surface area contributed by atoms with E-state index in [1.54, 1.807) is 6.92 Å².